The summed E-state index contributed by atoms with van der Waals surface area (Å²) in [5, 5.41) is 8.73. The van der Waals surface area contributed by atoms with Crippen molar-refractivity contribution in [3.8, 4) is 6.07 Å². The predicted molar refractivity (Wildman–Crippen MR) is 79.4 cm³/mol. The Hall–Kier alpha value is -2.29. The molecule has 114 valence electrons. The number of nitrogens with two attached hydrogens (primary N) is 1. The first-order valence-corrected chi connectivity index (χ1v) is 6.70. The Morgan fingerprint density at radius 3 is 2.71 bits per heavy atom. The van der Waals surface area contributed by atoms with Crippen LogP contribution >= 0.6 is 0 Å². The van der Waals surface area contributed by atoms with Crippen LogP contribution in [0.2, 0.25) is 0 Å². The van der Waals surface area contributed by atoms with Crippen LogP contribution in [0.25, 0.3) is 0 Å². The van der Waals surface area contributed by atoms with Gasteiger partial charge in [0.1, 0.15) is 5.82 Å². The van der Waals surface area contributed by atoms with E-state index in [9.17, 15) is 9.18 Å². The normalized spacial score (nSPS) is 10.3. The number of hydrogen-bond acceptors (Lipinski definition) is 5. The number of benzene rings is 1. The summed E-state index contributed by atoms with van der Waals surface area (Å²) in [4.78, 5) is 13.4. The van der Waals surface area contributed by atoms with Gasteiger partial charge in [0, 0.05) is 18.8 Å². The number of halogens is 1. The molecular weight excluding hydrogens is 273 g/mol. The van der Waals surface area contributed by atoms with Crippen molar-refractivity contribution in [1.29, 1.82) is 5.26 Å². The van der Waals surface area contributed by atoms with E-state index in [1.807, 2.05) is 19.9 Å². The molecule has 0 aliphatic carbocycles. The second-order valence-electron chi connectivity index (χ2n) is 5.13. The third-order valence-electron chi connectivity index (χ3n) is 2.94. The number of anilines is 2. The smallest absolute Gasteiger partial charge is 0.340 e. The van der Waals surface area contributed by atoms with Gasteiger partial charge in [0.25, 0.3) is 0 Å². The topological polar surface area (TPSA) is 79.3 Å². The maximum Gasteiger partial charge on any atom is 0.340 e. The molecule has 0 amide bonds. The summed E-state index contributed by atoms with van der Waals surface area (Å²) in [6, 6.07) is 4.54. The molecule has 0 aliphatic rings. The van der Waals surface area contributed by atoms with E-state index in [2.05, 4.69) is 4.74 Å². The fourth-order valence-electron chi connectivity index (χ4n) is 2.04. The van der Waals surface area contributed by atoms with Gasteiger partial charge in [0.2, 0.25) is 0 Å². The highest BCUT2D eigenvalue weighted by Gasteiger charge is 2.19. The molecule has 2 N–H and O–H groups in total. The van der Waals surface area contributed by atoms with E-state index in [0.29, 0.717) is 13.1 Å². The van der Waals surface area contributed by atoms with Gasteiger partial charge in [-0.25, -0.2) is 9.18 Å². The van der Waals surface area contributed by atoms with Gasteiger partial charge < -0.3 is 15.4 Å². The number of ether oxygens (including phenoxy) is 1. The molecule has 0 heterocycles. The largest absolute Gasteiger partial charge is 0.465 e. The Bertz CT molecular complexity index is 553. The Morgan fingerprint density at radius 1 is 1.52 bits per heavy atom. The first-order valence-electron chi connectivity index (χ1n) is 6.70. The zero-order chi connectivity index (χ0) is 16.0. The number of hydrogen-bond donors (Lipinski definition) is 1. The van der Waals surface area contributed by atoms with E-state index in [1.54, 1.807) is 4.90 Å². The molecule has 0 aromatic heterocycles. The van der Waals surface area contributed by atoms with E-state index in [-0.39, 0.29) is 29.3 Å². The molecule has 0 aliphatic heterocycles. The van der Waals surface area contributed by atoms with Gasteiger partial charge in [0.15, 0.2) is 0 Å². The maximum atomic E-state index is 14.2. The van der Waals surface area contributed by atoms with Crippen LogP contribution in [-0.2, 0) is 4.74 Å². The fourth-order valence-corrected chi connectivity index (χ4v) is 2.04. The zero-order valence-electron chi connectivity index (χ0n) is 12.5. The average molecular weight is 293 g/mol. The van der Waals surface area contributed by atoms with Crippen molar-refractivity contribution in [2.24, 2.45) is 5.92 Å². The molecule has 0 bridgehead atoms. The Balaban J connectivity index is 3.23. The first-order chi connectivity index (χ1) is 9.90. The molecule has 1 rings (SSSR count). The minimum atomic E-state index is -0.612. The second-order valence-corrected chi connectivity index (χ2v) is 5.13. The molecule has 0 spiro atoms. The number of esters is 1. The molecule has 1 aromatic carbocycles. The zero-order valence-corrected chi connectivity index (χ0v) is 12.5. The monoisotopic (exact) mass is 293 g/mol. The van der Waals surface area contributed by atoms with Crippen molar-refractivity contribution in [3.05, 3.63) is 23.5 Å². The van der Waals surface area contributed by atoms with Gasteiger partial charge in [-0.15, -0.1) is 0 Å². The summed E-state index contributed by atoms with van der Waals surface area (Å²) in [5.74, 6) is -0.848. The van der Waals surface area contributed by atoms with Crippen LogP contribution in [0, 0.1) is 23.1 Å². The fraction of sp³-hybridized carbons (Fsp3) is 0.467. The van der Waals surface area contributed by atoms with Crippen molar-refractivity contribution in [3.63, 3.8) is 0 Å². The molecule has 5 nitrogen and oxygen atoms in total. The van der Waals surface area contributed by atoms with Crippen LogP contribution < -0.4 is 10.6 Å². The van der Waals surface area contributed by atoms with Gasteiger partial charge in [-0.05, 0) is 18.1 Å². The number of carbonyl (C=O) groups is 1. The van der Waals surface area contributed by atoms with E-state index in [1.165, 1.54) is 13.2 Å². The third kappa shape index (κ3) is 4.35. The summed E-state index contributed by atoms with van der Waals surface area (Å²) in [7, 11) is 1.24. The van der Waals surface area contributed by atoms with E-state index in [0.717, 1.165) is 6.07 Å². The highest BCUT2D eigenvalue weighted by molar-refractivity contribution is 5.96. The summed E-state index contributed by atoms with van der Waals surface area (Å²) in [6.07, 6.45) is 0.268. The number of nitriles is 1. The minimum absolute atomic E-state index is 0.0351. The van der Waals surface area contributed by atoms with Crippen LogP contribution in [-0.4, -0.2) is 26.2 Å². The third-order valence-corrected chi connectivity index (χ3v) is 2.94. The van der Waals surface area contributed by atoms with Crippen molar-refractivity contribution < 1.29 is 13.9 Å². The van der Waals surface area contributed by atoms with Gasteiger partial charge in [0.05, 0.1) is 30.9 Å². The average Bonchev–Trinajstić information content (AvgIpc) is 2.42. The lowest BCUT2D eigenvalue weighted by Gasteiger charge is -2.27. The molecule has 21 heavy (non-hydrogen) atoms. The van der Waals surface area contributed by atoms with Crippen LogP contribution in [0.1, 0.15) is 30.6 Å². The number of rotatable bonds is 6. The molecular formula is C15H20FN3O2. The molecule has 1 aromatic rings. The van der Waals surface area contributed by atoms with Crippen LogP contribution in [0.15, 0.2) is 12.1 Å². The van der Waals surface area contributed by atoms with Crippen LogP contribution in [0.3, 0.4) is 0 Å². The summed E-state index contributed by atoms with van der Waals surface area (Å²) < 4.78 is 18.8. The molecule has 0 atom stereocenters. The van der Waals surface area contributed by atoms with E-state index in [4.69, 9.17) is 11.0 Å². The molecule has 0 radical (unpaired) electrons. The van der Waals surface area contributed by atoms with Crippen molar-refractivity contribution in [2.45, 2.75) is 20.3 Å². The lowest BCUT2D eigenvalue weighted by atomic mass is 10.1. The minimum Gasteiger partial charge on any atom is -0.465 e. The quantitative estimate of drug-likeness (QED) is 0.644. The first kappa shape index (κ1) is 16.8. The molecule has 0 saturated carbocycles. The van der Waals surface area contributed by atoms with Crippen LogP contribution in [0.4, 0.5) is 15.8 Å². The standard InChI is InChI=1S/C15H20FN3O2/c1-10(2)9-19(6-4-5-17)14-7-11(15(20)21-3)13(18)8-12(14)16/h7-8,10H,4,6,9,18H2,1-3H3. The van der Waals surface area contributed by atoms with E-state index >= 15 is 0 Å². The number of nitrogen functional groups attached to an aromatic ring is 1. The van der Waals surface area contributed by atoms with Crippen molar-refractivity contribution in [2.75, 3.05) is 30.8 Å². The van der Waals surface area contributed by atoms with Gasteiger partial charge in [-0.2, -0.15) is 5.26 Å². The van der Waals surface area contributed by atoms with Gasteiger partial charge in [-0.3, -0.25) is 0 Å². The second kappa shape index (κ2) is 7.48. The molecule has 0 saturated heterocycles. The lowest BCUT2D eigenvalue weighted by molar-refractivity contribution is 0.0602. The number of carbonyl (C=O) groups excluding carboxylic acids is 1. The van der Waals surface area contributed by atoms with E-state index < -0.39 is 11.8 Å². The highest BCUT2D eigenvalue weighted by atomic mass is 19.1. The SMILES string of the molecule is COC(=O)c1cc(N(CCC#N)CC(C)C)c(F)cc1N. The van der Waals surface area contributed by atoms with Gasteiger partial charge >= 0.3 is 5.97 Å². The highest BCUT2D eigenvalue weighted by Crippen LogP contribution is 2.27. The number of methoxy groups -OCH3 is 1. The summed E-state index contributed by atoms with van der Waals surface area (Å²) >= 11 is 0. The van der Waals surface area contributed by atoms with Crippen molar-refractivity contribution in [1.82, 2.24) is 0 Å². The van der Waals surface area contributed by atoms with Gasteiger partial charge in [-0.1, -0.05) is 13.8 Å². The molecule has 0 unspecified atom stereocenters. The molecule has 0 fully saturated rings. The maximum absolute atomic E-state index is 14.2. The Morgan fingerprint density at radius 2 is 2.19 bits per heavy atom. The molecule has 6 heteroatoms. The lowest BCUT2D eigenvalue weighted by Crippen LogP contribution is -2.29. The summed E-state index contributed by atoms with van der Waals surface area (Å²) in [5.41, 5.74) is 6.07. The van der Waals surface area contributed by atoms with Crippen molar-refractivity contribution >= 4 is 17.3 Å². The van der Waals surface area contributed by atoms with Crippen LogP contribution in [0.5, 0.6) is 0 Å². The summed E-state index contributed by atoms with van der Waals surface area (Å²) in [6.45, 7) is 4.95. The number of nitrogens with zero attached hydrogens (tertiary/aromatic N) is 2. The Kier molecular flexibility index (Phi) is 5.97. The Labute approximate surface area is 124 Å². The predicted octanol–water partition coefficient (Wildman–Crippen LogP) is 2.57.